The first-order valence-electron chi connectivity index (χ1n) is 8.53. The van der Waals surface area contributed by atoms with Crippen LogP contribution in [-0.2, 0) is 14.3 Å². The van der Waals surface area contributed by atoms with Crippen molar-refractivity contribution >= 4 is 34.8 Å². The van der Waals surface area contributed by atoms with E-state index in [-0.39, 0.29) is 19.3 Å². The molecule has 0 saturated carbocycles. The minimum atomic E-state index is -0.637. The lowest BCUT2D eigenvalue weighted by atomic mass is 10.1. The van der Waals surface area contributed by atoms with Crippen LogP contribution in [0.2, 0.25) is 5.02 Å². The van der Waals surface area contributed by atoms with Crippen LogP contribution >= 0.6 is 22.9 Å². The third-order valence-electron chi connectivity index (χ3n) is 3.78. The summed E-state index contributed by atoms with van der Waals surface area (Å²) in [4.78, 5) is 25.1. The minimum absolute atomic E-state index is 0.296. The summed E-state index contributed by atoms with van der Waals surface area (Å²) in [6.45, 7) is -0.687. The van der Waals surface area contributed by atoms with E-state index in [0.29, 0.717) is 10.8 Å². The molecular weight excluding hydrogens is 398 g/mol. The fraction of sp³-hybridized carbons (Fsp3) is 0.143. The van der Waals surface area contributed by atoms with Crippen molar-refractivity contribution in [3.05, 3.63) is 87.6 Å². The third kappa shape index (κ3) is 5.84. The van der Waals surface area contributed by atoms with Crippen molar-refractivity contribution in [3.63, 3.8) is 0 Å². The van der Waals surface area contributed by atoms with Gasteiger partial charge in [0.2, 0.25) is 0 Å². The lowest BCUT2D eigenvalue weighted by Crippen LogP contribution is -2.33. The van der Waals surface area contributed by atoms with Crippen LogP contribution in [0.25, 0.3) is 0 Å². The highest BCUT2D eigenvalue weighted by molar-refractivity contribution is 7.10. The first kappa shape index (κ1) is 19.9. The van der Waals surface area contributed by atoms with Crippen LogP contribution in [0, 0.1) is 0 Å². The molecule has 144 valence electrons. The fourth-order valence-corrected chi connectivity index (χ4v) is 3.49. The highest BCUT2D eigenvalue weighted by Gasteiger charge is 2.18. The number of rotatable bonds is 8. The number of thiophene rings is 1. The molecule has 0 unspecified atom stereocenters. The predicted molar refractivity (Wildman–Crippen MR) is 109 cm³/mol. The summed E-state index contributed by atoms with van der Waals surface area (Å²) in [7, 11) is 0. The Kier molecular flexibility index (Phi) is 7.06. The van der Waals surface area contributed by atoms with Gasteiger partial charge < -0.3 is 14.8 Å². The molecular formula is C21H18ClNO4S. The maximum atomic E-state index is 12.3. The second kappa shape index (κ2) is 9.92. The SMILES string of the molecule is O=C(COC(=O)COc1cccc(Cl)c1)N[C@@H](c1ccccc1)c1cccs1. The second-order valence-electron chi connectivity index (χ2n) is 5.83. The Hall–Kier alpha value is -2.83. The van der Waals surface area contributed by atoms with Crippen molar-refractivity contribution < 1.29 is 19.1 Å². The van der Waals surface area contributed by atoms with Crippen molar-refractivity contribution in [2.45, 2.75) is 6.04 Å². The molecule has 0 aliphatic rings. The van der Waals surface area contributed by atoms with Crippen LogP contribution in [-0.4, -0.2) is 25.1 Å². The second-order valence-corrected chi connectivity index (χ2v) is 7.25. The fourth-order valence-electron chi connectivity index (χ4n) is 2.51. The molecule has 3 aromatic rings. The number of amides is 1. The Morgan fingerprint density at radius 1 is 1.00 bits per heavy atom. The minimum Gasteiger partial charge on any atom is -0.482 e. The van der Waals surface area contributed by atoms with Crippen LogP contribution in [0.15, 0.2) is 72.1 Å². The molecule has 0 saturated heterocycles. The smallest absolute Gasteiger partial charge is 0.344 e. The number of hydrogen-bond donors (Lipinski definition) is 1. The molecule has 2 aromatic carbocycles. The number of carbonyl (C=O) groups is 2. The number of esters is 1. The summed E-state index contributed by atoms with van der Waals surface area (Å²) >= 11 is 7.40. The van der Waals surface area contributed by atoms with Gasteiger partial charge in [0.15, 0.2) is 13.2 Å². The molecule has 0 radical (unpaired) electrons. The van der Waals surface area contributed by atoms with E-state index in [0.717, 1.165) is 10.4 Å². The molecule has 1 atom stereocenters. The zero-order chi connectivity index (χ0) is 19.8. The van der Waals surface area contributed by atoms with Crippen LogP contribution in [0.4, 0.5) is 0 Å². The number of benzene rings is 2. The van der Waals surface area contributed by atoms with Crippen LogP contribution in [0.5, 0.6) is 5.75 Å². The molecule has 3 rings (SSSR count). The van der Waals surface area contributed by atoms with Crippen molar-refractivity contribution in [1.29, 1.82) is 0 Å². The van der Waals surface area contributed by atoms with Gasteiger partial charge in [0.1, 0.15) is 5.75 Å². The van der Waals surface area contributed by atoms with Crippen LogP contribution in [0.1, 0.15) is 16.5 Å². The molecule has 0 fully saturated rings. The lowest BCUT2D eigenvalue weighted by Gasteiger charge is -2.18. The molecule has 0 spiro atoms. The zero-order valence-corrected chi connectivity index (χ0v) is 16.4. The van der Waals surface area contributed by atoms with E-state index in [9.17, 15) is 9.59 Å². The summed E-state index contributed by atoms with van der Waals surface area (Å²) in [5.41, 5.74) is 0.953. The van der Waals surface area contributed by atoms with Gasteiger partial charge in [-0.1, -0.05) is 54.1 Å². The summed E-state index contributed by atoms with van der Waals surface area (Å²) in [5, 5.41) is 5.36. The number of carbonyl (C=O) groups excluding carboxylic acids is 2. The molecule has 1 amide bonds. The molecule has 28 heavy (non-hydrogen) atoms. The van der Waals surface area contributed by atoms with Gasteiger partial charge in [-0.3, -0.25) is 4.79 Å². The van der Waals surface area contributed by atoms with E-state index in [1.807, 2.05) is 47.8 Å². The highest BCUT2D eigenvalue weighted by Crippen LogP contribution is 2.25. The van der Waals surface area contributed by atoms with Gasteiger partial charge in [0.05, 0.1) is 6.04 Å². The van der Waals surface area contributed by atoms with Gasteiger partial charge in [0.25, 0.3) is 5.91 Å². The van der Waals surface area contributed by atoms with Crippen molar-refractivity contribution in [3.8, 4) is 5.75 Å². The first-order chi connectivity index (χ1) is 13.6. The average molecular weight is 416 g/mol. The van der Waals surface area contributed by atoms with Gasteiger partial charge in [-0.2, -0.15) is 0 Å². The maximum absolute atomic E-state index is 12.3. The lowest BCUT2D eigenvalue weighted by molar-refractivity contribution is -0.150. The van der Waals surface area contributed by atoms with E-state index >= 15 is 0 Å². The highest BCUT2D eigenvalue weighted by atomic mass is 35.5. The van der Waals surface area contributed by atoms with Crippen molar-refractivity contribution in [2.24, 2.45) is 0 Å². The van der Waals surface area contributed by atoms with Gasteiger partial charge in [-0.05, 0) is 35.2 Å². The molecule has 7 heteroatoms. The summed E-state index contributed by atoms with van der Waals surface area (Å²) < 4.78 is 10.3. The standard InChI is InChI=1S/C21H18ClNO4S/c22-16-8-4-9-17(12-16)26-14-20(25)27-13-19(24)23-21(18-10-5-11-28-18)15-6-2-1-3-7-15/h1-12,21H,13-14H2,(H,23,24)/t21-/m0/s1. The van der Waals surface area contributed by atoms with Crippen molar-refractivity contribution in [1.82, 2.24) is 5.32 Å². The topological polar surface area (TPSA) is 64.6 Å². The van der Waals surface area contributed by atoms with E-state index in [1.165, 1.54) is 0 Å². The van der Waals surface area contributed by atoms with Gasteiger partial charge in [0, 0.05) is 9.90 Å². The van der Waals surface area contributed by atoms with Gasteiger partial charge >= 0.3 is 5.97 Å². The quantitative estimate of drug-likeness (QED) is 0.559. The molecule has 0 aliphatic heterocycles. The number of halogens is 1. The molecule has 0 aliphatic carbocycles. The molecule has 5 nitrogen and oxygen atoms in total. The van der Waals surface area contributed by atoms with E-state index < -0.39 is 11.9 Å². The monoisotopic (exact) mass is 415 g/mol. The average Bonchev–Trinajstić information content (AvgIpc) is 3.24. The van der Waals surface area contributed by atoms with E-state index in [1.54, 1.807) is 35.6 Å². The summed E-state index contributed by atoms with van der Waals surface area (Å²) in [6.07, 6.45) is 0. The zero-order valence-electron chi connectivity index (χ0n) is 14.8. The van der Waals surface area contributed by atoms with Crippen LogP contribution in [0.3, 0.4) is 0 Å². The van der Waals surface area contributed by atoms with Crippen molar-refractivity contribution in [2.75, 3.05) is 13.2 Å². The summed E-state index contributed by atoms with van der Waals surface area (Å²) in [5.74, 6) is -0.573. The normalized spacial score (nSPS) is 11.5. The Balaban J connectivity index is 1.51. The Morgan fingerprint density at radius 2 is 1.82 bits per heavy atom. The maximum Gasteiger partial charge on any atom is 0.344 e. The third-order valence-corrected chi connectivity index (χ3v) is 4.96. The number of nitrogens with one attached hydrogen (secondary N) is 1. The van der Waals surface area contributed by atoms with Gasteiger partial charge in [-0.25, -0.2) is 4.79 Å². The van der Waals surface area contributed by atoms with E-state index in [2.05, 4.69) is 5.32 Å². The largest absolute Gasteiger partial charge is 0.482 e. The summed E-state index contributed by atoms with van der Waals surface area (Å²) in [6, 6.07) is 19.9. The molecule has 1 aromatic heterocycles. The predicted octanol–water partition coefficient (Wildman–Crippen LogP) is 4.23. The molecule has 1 heterocycles. The number of hydrogen-bond acceptors (Lipinski definition) is 5. The molecule has 0 bridgehead atoms. The Labute approximate surface area is 171 Å². The molecule has 1 N–H and O–H groups in total. The van der Waals surface area contributed by atoms with Gasteiger partial charge in [-0.15, -0.1) is 11.3 Å². The Bertz CT molecular complexity index is 915. The number of ether oxygens (including phenoxy) is 2. The van der Waals surface area contributed by atoms with E-state index in [4.69, 9.17) is 21.1 Å². The first-order valence-corrected chi connectivity index (χ1v) is 9.79. The Morgan fingerprint density at radius 3 is 2.54 bits per heavy atom. The van der Waals surface area contributed by atoms with Crippen LogP contribution < -0.4 is 10.1 Å².